The lowest BCUT2D eigenvalue weighted by Gasteiger charge is -2.17. The third kappa shape index (κ3) is 1.79. The van der Waals surface area contributed by atoms with Gasteiger partial charge in [0.05, 0.1) is 12.2 Å². The highest BCUT2D eigenvalue weighted by molar-refractivity contribution is 9.10. The number of aldehydes is 1. The summed E-state index contributed by atoms with van der Waals surface area (Å²) in [7, 11) is 0. The summed E-state index contributed by atoms with van der Waals surface area (Å²) in [5, 5.41) is 0. The summed E-state index contributed by atoms with van der Waals surface area (Å²) >= 11 is 3.44. The van der Waals surface area contributed by atoms with Crippen LogP contribution in [-0.2, 0) is 26.5 Å². The second kappa shape index (κ2) is 4.76. The summed E-state index contributed by atoms with van der Waals surface area (Å²) in [5.41, 5.74) is 1.50. The number of ether oxygens (including phenoxy) is 1. The van der Waals surface area contributed by atoms with E-state index in [0.717, 1.165) is 21.3 Å². The number of anilines is 1. The van der Waals surface area contributed by atoms with Gasteiger partial charge in [0.15, 0.2) is 12.4 Å². The molecule has 0 bridgehead atoms. The van der Waals surface area contributed by atoms with Gasteiger partial charge < -0.3 is 14.4 Å². The molecule has 0 radical (unpaired) electrons. The van der Waals surface area contributed by atoms with E-state index < -0.39 is 11.7 Å². The van der Waals surface area contributed by atoms with Crippen LogP contribution in [0.3, 0.4) is 0 Å². The van der Waals surface area contributed by atoms with Crippen molar-refractivity contribution in [1.82, 2.24) is 0 Å². The molecule has 2 aliphatic heterocycles. The van der Waals surface area contributed by atoms with Gasteiger partial charge in [0, 0.05) is 10.0 Å². The lowest BCUT2D eigenvalue weighted by molar-refractivity contribution is -0.123. The third-order valence-corrected chi connectivity index (χ3v) is 4.67. The summed E-state index contributed by atoms with van der Waals surface area (Å²) in [6, 6.07) is 15.4. The molecular formula is C17H12BrNO3. The quantitative estimate of drug-likeness (QED) is 0.626. The standard InChI is InChI=1S/C17H12BrNO3/c18-12-6-7-13-14(8-12)19(9-11-4-2-1-3-5-11)16(21)17(13)15(10-20)22-17/h1-8,10,15H,9H2/t15-,17-/m1/s1. The summed E-state index contributed by atoms with van der Waals surface area (Å²) < 4.78 is 6.37. The van der Waals surface area contributed by atoms with Crippen molar-refractivity contribution in [3.05, 3.63) is 64.1 Å². The minimum atomic E-state index is -1.10. The van der Waals surface area contributed by atoms with E-state index in [1.165, 1.54) is 0 Å². The molecule has 1 spiro atoms. The molecule has 4 nitrogen and oxygen atoms in total. The number of amides is 1. The molecule has 2 aromatic rings. The molecule has 0 aromatic heterocycles. The van der Waals surface area contributed by atoms with E-state index in [1.807, 2.05) is 48.5 Å². The van der Waals surface area contributed by atoms with E-state index in [-0.39, 0.29) is 5.91 Å². The normalized spacial score (nSPS) is 25.4. The molecular weight excluding hydrogens is 346 g/mol. The average Bonchev–Trinajstić information content (AvgIpc) is 3.23. The molecule has 1 amide bonds. The van der Waals surface area contributed by atoms with E-state index in [9.17, 15) is 9.59 Å². The van der Waals surface area contributed by atoms with Gasteiger partial charge in [-0.2, -0.15) is 0 Å². The molecule has 22 heavy (non-hydrogen) atoms. The van der Waals surface area contributed by atoms with Gasteiger partial charge in [0.25, 0.3) is 5.91 Å². The first-order valence-electron chi connectivity index (χ1n) is 6.96. The predicted octanol–water partition coefficient (Wildman–Crippen LogP) is 2.79. The molecule has 0 N–H and O–H groups in total. The SMILES string of the molecule is O=C[C@H]1O[C@@]12C(=O)N(Cc1ccccc1)c1cc(Br)ccc12. The second-order valence-electron chi connectivity index (χ2n) is 5.45. The molecule has 4 rings (SSSR count). The lowest BCUT2D eigenvalue weighted by atomic mass is 9.97. The Morgan fingerprint density at radius 1 is 1.23 bits per heavy atom. The summed E-state index contributed by atoms with van der Waals surface area (Å²) in [6.07, 6.45) is 0.0242. The van der Waals surface area contributed by atoms with Gasteiger partial charge in [-0.25, -0.2) is 0 Å². The molecule has 110 valence electrons. The Morgan fingerprint density at radius 2 is 2.00 bits per heavy atom. The van der Waals surface area contributed by atoms with Gasteiger partial charge in [-0.1, -0.05) is 52.3 Å². The van der Waals surface area contributed by atoms with Gasteiger partial charge in [0.2, 0.25) is 5.60 Å². The van der Waals surface area contributed by atoms with Crippen LogP contribution in [0.1, 0.15) is 11.1 Å². The van der Waals surface area contributed by atoms with Crippen molar-refractivity contribution in [2.75, 3.05) is 4.90 Å². The van der Waals surface area contributed by atoms with Crippen molar-refractivity contribution in [2.45, 2.75) is 18.2 Å². The van der Waals surface area contributed by atoms with Crippen molar-refractivity contribution in [2.24, 2.45) is 0 Å². The highest BCUT2D eigenvalue weighted by Gasteiger charge is 2.69. The maximum Gasteiger partial charge on any atom is 0.267 e. The van der Waals surface area contributed by atoms with Crippen LogP contribution >= 0.6 is 15.9 Å². The topological polar surface area (TPSA) is 49.9 Å². The van der Waals surface area contributed by atoms with Crippen molar-refractivity contribution < 1.29 is 14.3 Å². The van der Waals surface area contributed by atoms with Crippen molar-refractivity contribution in [3.8, 4) is 0 Å². The zero-order valence-electron chi connectivity index (χ0n) is 11.5. The molecule has 0 unspecified atom stereocenters. The number of hydrogen-bond donors (Lipinski definition) is 0. The Bertz CT molecular complexity index is 777. The van der Waals surface area contributed by atoms with Crippen LogP contribution in [0.5, 0.6) is 0 Å². The monoisotopic (exact) mass is 357 g/mol. The molecule has 5 heteroatoms. The van der Waals surface area contributed by atoms with Crippen LogP contribution in [0.2, 0.25) is 0 Å². The number of hydrogen-bond acceptors (Lipinski definition) is 3. The number of carbonyl (C=O) groups is 2. The Morgan fingerprint density at radius 3 is 2.68 bits per heavy atom. The summed E-state index contributed by atoms with van der Waals surface area (Å²) in [4.78, 5) is 25.7. The van der Waals surface area contributed by atoms with Crippen LogP contribution in [0.25, 0.3) is 0 Å². The molecule has 2 aliphatic rings. The van der Waals surface area contributed by atoms with Crippen molar-refractivity contribution in [1.29, 1.82) is 0 Å². The number of rotatable bonds is 3. The maximum atomic E-state index is 12.9. The zero-order chi connectivity index (χ0) is 15.3. The molecule has 2 aromatic carbocycles. The summed E-state index contributed by atoms with van der Waals surface area (Å²) in [6.45, 7) is 0.458. The second-order valence-corrected chi connectivity index (χ2v) is 6.36. The van der Waals surface area contributed by atoms with Gasteiger partial charge in [-0.3, -0.25) is 4.79 Å². The number of halogens is 1. The Balaban J connectivity index is 1.79. The molecule has 1 fully saturated rings. The van der Waals surface area contributed by atoms with E-state index in [4.69, 9.17) is 4.74 Å². The van der Waals surface area contributed by atoms with Crippen LogP contribution in [0.4, 0.5) is 5.69 Å². The Kier molecular flexibility index (Phi) is 2.96. The third-order valence-electron chi connectivity index (χ3n) is 4.18. The maximum absolute atomic E-state index is 12.9. The highest BCUT2D eigenvalue weighted by Crippen LogP contribution is 2.55. The largest absolute Gasteiger partial charge is 0.342 e. The Hall–Kier alpha value is -1.98. The van der Waals surface area contributed by atoms with E-state index in [2.05, 4.69) is 15.9 Å². The fraction of sp³-hybridized carbons (Fsp3) is 0.176. The fourth-order valence-corrected chi connectivity index (χ4v) is 3.42. The number of benzene rings is 2. The molecule has 0 aliphatic carbocycles. The first-order chi connectivity index (χ1) is 10.7. The van der Waals surface area contributed by atoms with Crippen LogP contribution in [0, 0.1) is 0 Å². The first-order valence-corrected chi connectivity index (χ1v) is 7.75. The van der Waals surface area contributed by atoms with Crippen LogP contribution in [0.15, 0.2) is 53.0 Å². The molecule has 1 saturated heterocycles. The lowest BCUT2D eigenvalue weighted by Crippen LogP contribution is -2.33. The first kappa shape index (κ1) is 13.7. The van der Waals surface area contributed by atoms with Gasteiger partial charge in [-0.05, 0) is 17.7 Å². The zero-order valence-corrected chi connectivity index (χ0v) is 13.1. The van der Waals surface area contributed by atoms with Crippen LogP contribution in [-0.4, -0.2) is 18.3 Å². The van der Waals surface area contributed by atoms with Crippen LogP contribution < -0.4 is 4.90 Å². The van der Waals surface area contributed by atoms with E-state index in [1.54, 1.807) is 4.90 Å². The highest BCUT2D eigenvalue weighted by atomic mass is 79.9. The number of epoxide rings is 1. The number of nitrogens with zero attached hydrogens (tertiary/aromatic N) is 1. The smallest absolute Gasteiger partial charge is 0.267 e. The van der Waals surface area contributed by atoms with Crippen molar-refractivity contribution in [3.63, 3.8) is 0 Å². The van der Waals surface area contributed by atoms with Gasteiger partial charge in [-0.15, -0.1) is 0 Å². The fourth-order valence-electron chi connectivity index (χ4n) is 3.07. The van der Waals surface area contributed by atoms with Gasteiger partial charge in [0.1, 0.15) is 0 Å². The molecule has 2 atom stereocenters. The van der Waals surface area contributed by atoms with E-state index in [0.29, 0.717) is 12.8 Å². The number of carbonyl (C=O) groups excluding carboxylic acids is 2. The molecule has 0 saturated carbocycles. The van der Waals surface area contributed by atoms with Gasteiger partial charge >= 0.3 is 0 Å². The average molecular weight is 358 g/mol. The minimum Gasteiger partial charge on any atom is -0.342 e. The predicted molar refractivity (Wildman–Crippen MR) is 84.4 cm³/mol. The summed E-state index contributed by atoms with van der Waals surface area (Å²) in [5.74, 6) is -0.165. The van der Waals surface area contributed by atoms with Crippen molar-refractivity contribution >= 4 is 33.8 Å². The van der Waals surface area contributed by atoms with E-state index >= 15 is 0 Å². The molecule has 2 heterocycles. The number of fused-ring (bicyclic) bond motifs is 2. The Labute approximate surface area is 135 Å². The minimum absolute atomic E-state index is 0.165.